The summed E-state index contributed by atoms with van der Waals surface area (Å²) >= 11 is 0. The third-order valence-corrected chi connectivity index (χ3v) is 5.08. The van der Waals surface area contributed by atoms with Crippen molar-refractivity contribution in [2.45, 2.75) is 40.2 Å². The van der Waals surface area contributed by atoms with Gasteiger partial charge >= 0.3 is 6.09 Å². The molecule has 0 saturated carbocycles. The average molecular weight is 423 g/mol. The summed E-state index contributed by atoms with van der Waals surface area (Å²) in [4.78, 5) is 15.3. The van der Waals surface area contributed by atoms with Crippen molar-refractivity contribution in [3.63, 3.8) is 0 Å². The Balaban J connectivity index is 0.000000194. The van der Waals surface area contributed by atoms with Gasteiger partial charge in [-0.2, -0.15) is 0 Å². The Morgan fingerprint density at radius 1 is 0.871 bits per heavy atom. The van der Waals surface area contributed by atoms with Crippen LogP contribution in [0.15, 0.2) is 48.8 Å². The fraction of sp³-hybridized carbons (Fsp3) is 0.320. The van der Waals surface area contributed by atoms with Gasteiger partial charge in [-0.15, -0.1) is 0 Å². The maximum Gasteiger partial charge on any atom is 0.418 e. The van der Waals surface area contributed by atoms with E-state index in [1.54, 1.807) is 20.4 Å². The number of hydrogen-bond donors (Lipinski definition) is 1. The molecule has 0 bridgehead atoms. The van der Waals surface area contributed by atoms with E-state index in [1.807, 2.05) is 64.2 Å². The summed E-state index contributed by atoms with van der Waals surface area (Å²) in [5.41, 5.74) is 3.69. The van der Waals surface area contributed by atoms with Gasteiger partial charge in [-0.3, -0.25) is 4.57 Å². The molecule has 2 aromatic heterocycles. The predicted octanol–water partition coefficient (Wildman–Crippen LogP) is 6.23. The van der Waals surface area contributed by atoms with Gasteiger partial charge in [-0.05, 0) is 71.0 Å². The van der Waals surface area contributed by atoms with Crippen molar-refractivity contribution in [1.82, 2.24) is 9.55 Å². The van der Waals surface area contributed by atoms with E-state index in [0.717, 1.165) is 33.5 Å². The number of aryl methyl sites for hydroxylation is 2. The summed E-state index contributed by atoms with van der Waals surface area (Å²) in [6.07, 6.45) is 3.30. The first-order chi connectivity index (χ1) is 14.7. The number of fused-ring (bicyclic) bond motifs is 2. The second-order valence-corrected chi connectivity index (χ2v) is 8.32. The Labute approximate surface area is 182 Å². The van der Waals surface area contributed by atoms with Crippen LogP contribution in [0.3, 0.4) is 0 Å². The summed E-state index contributed by atoms with van der Waals surface area (Å²) in [7, 11) is 3.33. The highest BCUT2D eigenvalue weighted by molar-refractivity contribution is 5.92. The Bertz CT molecular complexity index is 1210. The van der Waals surface area contributed by atoms with Crippen LogP contribution in [0.5, 0.6) is 11.5 Å². The molecule has 4 rings (SSSR count). The summed E-state index contributed by atoms with van der Waals surface area (Å²) in [5.74, 6) is 1.76. The third-order valence-electron chi connectivity index (χ3n) is 5.08. The van der Waals surface area contributed by atoms with Crippen molar-refractivity contribution in [3.05, 3.63) is 59.9 Å². The number of nitrogens with zero attached hydrogens (tertiary/aromatic N) is 1. The lowest BCUT2D eigenvalue weighted by molar-refractivity contribution is 0.0544. The lowest BCUT2D eigenvalue weighted by atomic mass is 10.1. The van der Waals surface area contributed by atoms with E-state index in [0.29, 0.717) is 0 Å². The van der Waals surface area contributed by atoms with Gasteiger partial charge in [-0.1, -0.05) is 0 Å². The molecule has 4 aromatic rings. The fourth-order valence-corrected chi connectivity index (χ4v) is 3.52. The van der Waals surface area contributed by atoms with E-state index in [-0.39, 0.29) is 6.09 Å². The molecule has 2 aromatic carbocycles. The summed E-state index contributed by atoms with van der Waals surface area (Å²) in [6, 6.07) is 11.7. The molecule has 6 heteroatoms. The highest BCUT2D eigenvalue weighted by Gasteiger charge is 2.19. The van der Waals surface area contributed by atoms with Crippen molar-refractivity contribution in [2.24, 2.45) is 0 Å². The maximum atomic E-state index is 12.1. The topological polar surface area (TPSA) is 65.5 Å². The first kappa shape index (κ1) is 22.3. The second-order valence-electron chi connectivity index (χ2n) is 8.32. The average Bonchev–Trinajstić information content (AvgIpc) is 3.35. The quantitative estimate of drug-likeness (QED) is 0.416. The molecule has 0 unspecified atom stereocenters. The van der Waals surface area contributed by atoms with Gasteiger partial charge in [0.25, 0.3) is 0 Å². The van der Waals surface area contributed by atoms with E-state index in [4.69, 9.17) is 14.2 Å². The minimum absolute atomic E-state index is 0.368. The second kappa shape index (κ2) is 8.76. The number of nitrogens with one attached hydrogen (secondary N) is 1. The molecule has 0 spiro atoms. The molecule has 1 N–H and O–H groups in total. The summed E-state index contributed by atoms with van der Waals surface area (Å²) in [5, 5.41) is 2.22. The number of hydrogen-bond acceptors (Lipinski definition) is 4. The Hall–Kier alpha value is -3.41. The molecule has 0 aliphatic carbocycles. The molecule has 0 radical (unpaired) electrons. The van der Waals surface area contributed by atoms with E-state index in [9.17, 15) is 4.79 Å². The van der Waals surface area contributed by atoms with Gasteiger partial charge < -0.3 is 19.2 Å². The van der Waals surface area contributed by atoms with E-state index in [2.05, 4.69) is 18.0 Å². The molecule has 0 aliphatic heterocycles. The van der Waals surface area contributed by atoms with Gasteiger partial charge in [0, 0.05) is 39.8 Å². The highest BCUT2D eigenvalue weighted by Crippen LogP contribution is 2.28. The number of benzene rings is 2. The van der Waals surface area contributed by atoms with Gasteiger partial charge in [0.15, 0.2) is 0 Å². The van der Waals surface area contributed by atoms with Crippen molar-refractivity contribution in [2.75, 3.05) is 14.2 Å². The van der Waals surface area contributed by atoms with Crippen LogP contribution in [0, 0.1) is 13.8 Å². The zero-order valence-electron chi connectivity index (χ0n) is 19.2. The van der Waals surface area contributed by atoms with E-state index >= 15 is 0 Å². The number of carbonyl (C=O) groups is 1. The Morgan fingerprint density at radius 2 is 1.48 bits per heavy atom. The lowest BCUT2D eigenvalue weighted by Gasteiger charge is -2.19. The van der Waals surface area contributed by atoms with Gasteiger partial charge in [-0.25, -0.2) is 4.79 Å². The lowest BCUT2D eigenvalue weighted by Crippen LogP contribution is -2.26. The normalized spacial score (nSPS) is 11.2. The zero-order chi connectivity index (χ0) is 22.8. The van der Waals surface area contributed by atoms with Gasteiger partial charge in [0.2, 0.25) is 0 Å². The number of H-pyrrole nitrogens is 1. The Morgan fingerprint density at radius 3 is 2.10 bits per heavy atom. The predicted molar refractivity (Wildman–Crippen MR) is 124 cm³/mol. The van der Waals surface area contributed by atoms with Crippen LogP contribution >= 0.6 is 0 Å². The monoisotopic (exact) mass is 422 g/mol. The van der Waals surface area contributed by atoms with E-state index < -0.39 is 5.60 Å². The highest BCUT2D eigenvalue weighted by atomic mass is 16.6. The number of rotatable bonds is 2. The van der Waals surface area contributed by atoms with Crippen molar-refractivity contribution >= 4 is 27.9 Å². The van der Waals surface area contributed by atoms with Crippen LogP contribution in [-0.4, -0.2) is 35.5 Å². The molecule has 0 aliphatic rings. The van der Waals surface area contributed by atoms with Gasteiger partial charge in [0.05, 0.1) is 19.7 Å². The molecular formula is C25H30N2O4. The standard InChI is InChI=1S/C15H19NO3.C10H11NO/c1-10-11-8-9-16(14(17)19-15(2,3)4)12(11)6-7-13(10)18-5;1-7-8-5-6-11-9(8)3-4-10(7)12-2/h6-9H,1-5H3;3-6,11H,1-2H3. The number of ether oxygens (including phenoxy) is 3. The minimum Gasteiger partial charge on any atom is -0.496 e. The Kier molecular flexibility index (Phi) is 6.29. The molecule has 0 saturated heterocycles. The number of methoxy groups -OCH3 is 2. The molecule has 31 heavy (non-hydrogen) atoms. The third kappa shape index (κ3) is 4.68. The summed E-state index contributed by atoms with van der Waals surface area (Å²) in [6.45, 7) is 9.59. The molecule has 164 valence electrons. The van der Waals surface area contributed by atoms with Gasteiger partial charge in [0.1, 0.15) is 17.1 Å². The van der Waals surface area contributed by atoms with Crippen LogP contribution in [-0.2, 0) is 4.74 Å². The van der Waals surface area contributed by atoms with Crippen LogP contribution in [0.1, 0.15) is 31.9 Å². The maximum absolute atomic E-state index is 12.1. The molecule has 0 atom stereocenters. The molecule has 0 amide bonds. The number of carbonyl (C=O) groups excluding carboxylic acids is 1. The smallest absolute Gasteiger partial charge is 0.418 e. The summed E-state index contributed by atoms with van der Waals surface area (Å²) < 4.78 is 17.4. The molecule has 0 fully saturated rings. The molecular weight excluding hydrogens is 392 g/mol. The van der Waals surface area contributed by atoms with Crippen LogP contribution in [0.25, 0.3) is 21.8 Å². The fourth-order valence-electron chi connectivity index (χ4n) is 3.52. The first-order valence-electron chi connectivity index (χ1n) is 10.1. The van der Waals surface area contributed by atoms with Crippen molar-refractivity contribution in [1.29, 1.82) is 0 Å². The first-order valence-corrected chi connectivity index (χ1v) is 10.1. The minimum atomic E-state index is -0.505. The molecule has 2 heterocycles. The molecule has 6 nitrogen and oxygen atoms in total. The van der Waals surface area contributed by atoms with Crippen LogP contribution in [0.2, 0.25) is 0 Å². The van der Waals surface area contributed by atoms with Crippen LogP contribution in [0.4, 0.5) is 4.79 Å². The van der Waals surface area contributed by atoms with E-state index in [1.165, 1.54) is 15.5 Å². The van der Waals surface area contributed by atoms with Crippen molar-refractivity contribution < 1.29 is 19.0 Å². The SMILES string of the molecule is COc1ccc2[nH]ccc2c1C.COc1ccc2c(ccn2C(=O)OC(C)(C)C)c1C. The zero-order valence-corrected chi connectivity index (χ0v) is 19.2. The van der Waals surface area contributed by atoms with Crippen molar-refractivity contribution in [3.8, 4) is 11.5 Å². The van der Waals surface area contributed by atoms with Crippen LogP contribution < -0.4 is 9.47 Å². The number of aromatic amines is 1. The largest absolute Gasteiger partial charge is 0.496 e. The number of aromatic nitrogens is 2.